The molecule has 0 unspecified atom stereocenters. The number of benzene rings is 8. The zero-order valence-corrected chi connectivity index (χ0v) is 27.5. The van der Waals surface area contributed by atoms with Crippen LogP contribution in [0.4, 0.5) is 17.1 Å². The summed E-state index contributed by atoms with van der Waals surface area (Å²) in [5, 5.41) is 4.48. The summed E-state index contributed by atoms with van der Waals surface area (Å²) in [7, 11) is 0. The number of anilines is 3. The fourth-order valence-corrected chi connectivity index (χ4v) is 7.23. The van der Waals surface area contributed by atoms with E-state index in [2.05, 4.69) is 144 Å². The van der Waals surface area contributed by atoms with E-state index < -0.39 is 0 Å². The molecule has 0 fully saturated rings. The SMILES string of the molecule is c1ccc(-c2nc3c(ccc4oc5ccc(-c6ccc(N(c7ccccc7)c7ccc(-c8cccc9ccccc89)cc7)cc6)cc5c43)o2)cc1. The summed E-state index contributed by atoms with van der Waals surface area (Å²) in [4.78, 5) is 7.23. The first-order valence-corrected chi connectivity index (χ1v) is 17.1. The number of hydrogen-bond donors (Lipinski definition) is 0. The highest BCUT2D eigenvalue weighted by Gasteiger charge is 2.18. The molecule has 0 spiro atoms. The van der Waals surface area contributed by atoms with E-state index in [0.29, 0.717) is 5.89 Å². The average molecular weight is 655 g/mol. The molecule has 0 amide bonds. The van der Waals surface area contributed by atoms with Crippen LogP contribution in [0.5, 0.6) is 0 Å². The Morgan fingerprint density at radius 3 is 1.78 bits per heavy atom. The van der Waals surface area contributed by atoms with Gasteiger partial charge in [0.1, 0.15) is 16.7 Å². The van der Waals surface area contributed by atoms with Crippen LogP contribution in [0.1, 0.15) is 0 Å². The van der Waals surface area contributed by atoms with Crippen LogP contribution in [0.3, 0.4) is 0 Å². The Kier molecular flexibility index (Phi) is 6.78. The molecule has 0 radical (unpaired) electrons. The fraction of sp³-hybridized carbons (Fsp3) is 0. The van der Waals surface area contributed by atoms with E-state index in [0.717, 1.165) is 66.8 Å². The molecule has 0 saturated carbocycles. The number of nitrogens with zero attached hydrogens (tertiary/aromatic N) is 2. The molecule has 2 heterocycles. The number of rotatable bonds is 6. The zero-order valence-electron chi connectivity index (χ0n) is 27.5. The van der Waals surface area contributed by atoms with Crippen LogP contribution >= 0.6 is 0 Å². The van der Waals surface area contributed by atoms with E-state index >= 15 is 0 Å². The molecule has 0 N–H and O–H groups in total. The van der Waals surface area contributed by atoms with Crippen molar-refractivity contribution in [2.45, 2.75) is 0 Å². The quantitative estimate of drug-likeness (QED) is 0.179. The number of para-hydroxylation sites is 1. The smallest absolute Gasteiger partial charge is 0.227 e. The minimum atomic E-state index is 0.602. The lowest BCUT2D eigenvalue weighted by atomic mass is 9.98. The minimum absolute atomic E-state index is 0.602. The van der Waals surface area contributed by atoms with Crippen molar-refractivity contribution in [3.63, 3.8) is 0 Å². The lowest BCUT2D eigenvalue weighted by Crippen LogP contribution is -2.09. The molecule has 0 aliphatic heterocycles. The standard InChI is InChI=1S/C47H30N2O2/c1-3-11-34(12-4-1)47-48-46-44(51-47)29-28-43-45(46)41-30-35(22-27-42(41)50-43)31-18-23-37(24-19-31)49(36-14-5-2-6-15-36)38-25-20-33(21-26-38)40-17-9-13-32-10-7-8-16-39(32)40/h1-30H. The number of fused-ring (bicyclic) bond motifs is 6. The van der Waals surface area contributed by atoms with Gasteiger partial charge in [0.05, 0.1) is 5.39 Å². The second-order valence-corrected chi connectivity index (χ2v) is 12.8. The number of furan rings is 1. The third kappa shape index (κ3) is 5.04. The summed E-state index contributed by atoms with van der Waals surface area (Å²) in [6.07, 6.45) is 0. The zero-order chi connectivity index (χ0) is 33.7. The van der Waals surface area contributed by atoms with Crippen molar-refractivity contribution < 1.29 is 8.83 Å². The molecule has 0 saturated heterocycles. The second-order valence-electron chi connectivity index (χ2n) is 12.8. The van der Waals surface area contributed by atoms with E-state index in [1.54, 1.807) is 0 Å². The van der Waals surface area contributed by atoms with Gasteiger partial charge in [-0.05, 0) is 106 Å². The Balaban J connectivity index is 1.02. The first kappa shape index (κ1) is 29.0. The molecule has 4 nitrogen and oxygen atoms in total. The Hall–Kier alpha value is -6.91. The molecule has 0 atom stereocenters. The molecule has 10 aromatic rings. The molecule has 240 valence electrons. The van der Waals surface area contributed by atoms with E-state index in [-0.39, 0.29) is 0 Å². The van der Waals surface area contributed by atoms with Gasteiger partial charge in [0.15, 0.2) is 5.58 Å². The van der Waals surface area contributed by atoms with Crippen LogP contribution in [0.15, 0.2) is 191 Å². The van der Waals surface area contributed by atoms with E-state index in [9.17, 15) is 0 Å². The summed E-state index contributed by atoms with van der Waals surface area (Å²) in [6, 6.07) is 63.5. The normalized spacial score (nSPS) is 11.5. The summed E-state index contributed by atoms with van der Waals surface area (Å²) in [6.45, 7) is 0. The van der Waals surface area contributed by atoms with Crippen molar-refractivity contribution in [1.29, 1.82) is 0 Å². The van der Waals surface area contributed by atoms with Gasteiger partial charge in [0.2, 0.25) is 5.89 Å². The van der Waals surface area contributed by atoms with Crippen LogP contribution in [0.2, 0.25) is 0 Å². The molecular weight excluding hydrogens is 625 g/mol. The largest absolute Gasteiger partial charge is 0.456 e. The molecule has 2 aromatic heterocycles. The van der Waals surface area contributed by atoms with Gasteiger partial charge in [-0.1, -0.05) is 109 Å². The van der Waals surface area contributed by atoms with Crippen molar-refractivity contribution >= 4 is 60.9 Å². The van der Waals surface area contributed by atoms with Crippen LogP contribution in [0, 0.1) is 0 Å². The molecule has 0 bridgehead atoms. The lowest BCUT2D eigenvalue weighted by Gasteiger charge is -2.26. The van der Waals surface area contributed by atoms with Gasteiger partial charge in [-0.3, -0.25) is 0 Å². The molecule has 51 heavy (non-hydrogen) atoms. The highest BCUT2D eigenvalue weighted by Crippen LogP contribution is 2.40. The van der Waals surface area contributed by atoms with Gasteiger partial charge in [-0.15, -0.1) is 0 Å². The van der Waals surface area contributed by atoms with Crippen LogP contribution in [0.25, 0.3) is 77.5 Å². The van der Waals surface area contributed by atoms with Gasteiger partial charge >= 0.3 is 0 Å². The molecule has 0 aliphatic rings. The number of hydrogen-bond acceptors (Lipinski definition) is 4. The van der Waals surface area contributed by atoms with Gasteiger partial charge < -0.3 is 13.7 Å². The molecule has 8 aromatic carbocycles. The molecular formula is C47H30N2O2. The lowest BCUT2D eigenvalue weighted by molar-refractivity contribution is 0.619. The molecule has 10 rings (SSSR count). The van der Waals surface area contributed by atoms with Crippen LogP contribution in [-0.4, -0.2) is 4.98 Å². The van der Waals surface area contributed by atoms with Crippen molar-refractivity contribution in [3.8, 4) is 33.7 Å². The number of aromatic nitrogens is 1. The van der Waals surface area contributed by atoms with Gasteiger partial charge in [-0.2, -0.15) is 0 Å². The van der Waals surface area contributed by atoms with E-state index in [1.165, 1.54) is 21.9 Å². The van der Waals surface area contributed by atoms with E-state index in [1.807, 2.05) is 42.5 Å². The summed E-state index contributed by atoms with van der Waals surface area (Å²) in [5.74, 6) is 0.602. The first-order chi connectivity index (χ1) is 25.3. The monoisotopic (exact) mass is 654 g/mol. The fourth-order valence-electron chi connectivity index (χ4n) is 7.23. The highest BCUT2D eigenvalue weighted by atomic mass is 16.4. The predicted molar refractivity (Wildman–Crippen MR) is 210 cm³/mol. The Morgan fingerprint density at radius 2 is 1.00 bits per heavy atom. The van der Waals surface area contributed by atoms with Crippen molar-refractivity contribution in [2.75, 3.05) is 4.90 Å². The molecule has 0 aliphatic carbocycles. The third-order valence-electron chi connectivity index (χ3n) is 9.71. The summed E-state index contributed by atoms with van der Waals surface area (Å²) >= 11 is 0. The van der Waals surface area contributed by atoms with Crippen LogP contribution in [-0.2, 0) is 0 Å². The third-order valence-corrected chi connectivity index (χ3v) is 9.71. The Bertz CT molecular complexity index is 2830. The first-order valence-electron chi connectivity index (χ1n) is 17.1. The maximum Gasteiger partial charge on any atom is 0.227 e. The number of oxazole rings is 1. The average Bonchev–Trinajstić information content (AvgIpc) is 3.81. The maximum atomic E-state index is 6.28. The second kappa shape index (κ2) is 11.9. The summed E-state index contributed by atoms with van der Waals surface area (Å²) in [5.41, 5.74) is 12.0. The summed E-state index contributed by atoms with van der Waals surface area (Å²) < 4.78 is 12.5. The minimum Gasteiger partial charge on any atom is -0.456 e. The predicted octanol–water partition coefficient (Wildman–Crippen LogP) is 13.4. The molecule has 4 heteroatoms. The van der Waals surface area contributed by atoms with Crippen molar-refractivity contribution in [3.05, 3.63) is 182 Å². The van der Waals surface area contributed by atoms with Crippen molar-refractivity contribution in [1.82, 2.24) is 4.98 Å². The van der Waals surface area contributed by atoms with E-state index in [4.69, 9.17) is 13.8 Å². The van der Waals surface area contributed by atoms with Crippen molar-refractivity contribution in [2.24, 2.45) is 0 Å². The maximum absolute atomic E-state index is 6.28. The topological polar surface area (TPSA) is 42.4 Å². The van der Waals surface area contributed by atoms with Gasteiger partial charge in [0, 0.05) is 28.0 Å². The van der Waals surface area contributed by atoms with Gasteiger partial charge in [-0.25, -0.2) is 4.98 Å². The highest BCUT2D eigenvalue weighted by molar-refractivity contribution is 6.17. The Labute approximate surface area is 294 Å². The van der Waals surface area contributed by atoms with Crippen LogP contribution < -0.4 is 4.90 Å². The van der Waals surface area contributed by atoms with Gasteiger partial charge in [0.25, 0.3) is 0 Å². The Morgan fingerprint density at radius 1 is 0.392 bits per heavy atom.